The Morgan fingerprint density at radius 1 is 0.900 bits per heavy atom. The van der Waals surface area contributed by atoms with Gasteiger partial charge in [-0.2, -0.15) is 0 Å². The summed E-state index contributed by atoms with van der Waals surface area (Å²) in [4.78, 5) is 28.9. The Hall–Kier alpha value is -3.07. The third-order valence-corrected chi connectivity index (χ3v) is 9.21. The molecule has 0 aromatic heterocycles. The summed E-state index contributed by atoms with van der Waals surface area (Å²) < 4.78 is 28.9. The van der Waals surface area contributed by atoms with Gasteiger partial charge in [0, 0.05) is 22.6 Å². The fourth-order valence-corrected chi connectivity index (χ4v) is 6.03. The van der Waals surface area contributed by atoms with Crippen LogP contribution in [-0.2, 0) is 26.2 Å². The first-order valence-corrected chi connectivity index (χ1v) is 15.4. The number of amides is 2. The van der Waals surface area contributed by atoms with E-state index in [0.717, 1.165) is 16.3 Å². The number of carbonyl (C=O) groups is 2. The summed E-state index contributed by atoms with van der Waals surface area (Å²) in [6.07, 6.45) is 1.06. The number of benzene rings is 3. The van der Waals surface area contributed by atoms with Gasteiger partial charge in [0.2, 0.25) is 11.8 Å². The Balaban J connectivity index is 2.08. The van der Waals surface area contributed by atoms with Crippen LogP contribution in [-0.4, -0.2) is 43.8 Å². The van der Waals surface area contributed by atoms with Crippen LogP contribution >= 0.6 is 23.2 Å². The van der Waals surface area contributed by atoms with Crippen molar-refractivity contribution in [3.63, 3.8) is 0 Å². The lowest BCUT2D eigenvalue weighted by Crippen LogP contribution is -2.53. The molecule has 2 atom stereocenters. The molecule has 0 saturated heterocycles. The predicted octanol–water partition coefficient (Wildman–Crippen LogP) is 6.22. The largest absolute Gasteiger partial charge is 0.352 e. The molecule has 0 spiro atoms. The number of nitrogens with one attached hydrogen (secondary N) is 1. The van der Waals surface area contributed by atoms with E-state index in [4.69, 9.17) is 23.2 Å². The number of hydrogen-bond donors (Lipinski definition) is 1. The zero-order valence-electron chi connectivity index (χ0n) is 23.1. The highest BCUT2D eigenvalue weighted by Gasteiger charge is 2.34. The van der Waals surface area contributed by atoms with Gasteiger partial charge in [-0.15, -0.1) is 0 Å². The summed E-state index contributed by atoms with van der Waals surface area (Å²) in [5.74, 6) is -0.824. The Labute approximate surface area is 247 Å². The van der Waals surface area contributed by atoms with Crippen LogP contribution in [0.1, 0.15) is 44.7 Å². The Bertz CT molecular complexity index is 1420. The van der Waals surface area contributed by atoms with Crippen molar-refractivity contribution in [2.45, 2.75) is 64.1 Å². The monoisotopic (exact) mass is 603 g/mol. The molecule has 0 aliphatic heterocycles. The number of carbonyl (C=O) groups excluding carboxylic acids is 2. The molecule has 40 heavy (non-hydrogen) atoms. The maximum atomic E-state index is 14.1. The first kappa shape index (κ1) is 31.5. The van der Waals surface area contributed by atoms with E-state index >= 15 is 0 Å². The minimum atomic E-state index is -4.17. The standard InChI is InChI=1S/C30H35Cl2N3O4S/c1-5-21(3)33-30(37)27(6-2)34(19-23-15-17-24(31)18-16-23)29(36)20-35(28-14-10-13-26(32)22(28)4)40(38,39)25-11-8-7-9-12-25/h7-18,21,27H,5-6,19-20H2,1-4H3,(H,33,37)/t21-,27+/m1/s1. The minimum Gasteiger partial charge on any atom is -0.352 e. The molecular weight excluding hydrogens is 569 g/mol. The van der Waals surface area contributed by atoms with E-state index in [9.17, 15) is 18.0 Å². The summed E-state index contributed by atoms with van der Waals surface area (Å²) in [6.45, 7) is 6.95. The molecule has 1 N–H and O–H groups in total. The first-order chi connectivity index (χ1) is 19.0. The highest BCUT2D eigenvalue weighted by molar-refractivity contribution is 7.92. The third-order valence-electron chi connectivity index (χ3n) is 6.77. The predicted molar refractivity (Wildman–Crippen MR) is 161 cm³/mol. The number of nitrogens with zero attached hydrogens (tertiary/aromatic N) is 2. The molecule has 10 heteroatoms. The Morgan fingerprint density at radius 3 is 2.15 bits per heavy atom. The van der Waals surface area contributed by atoms with Crippen LogP contribution in [0.25, 0.3) is 0 Å². The number of hydrogen-bond acceptors (Lipinski definition) is 4. The van der Waals surface area contributed by atoms with E-state index in [2.05, 4.69) is 5.32 Å². The molecule has 0 bridgehead atoms. The van der Waals surface area contributed by atoms with Crippen LogP contribution in [0, 0.1) is 6.92 Å². The number of sulfonamides is 1. The fourth-order valence-electron chi connectivity index (χ4n) is 4.25. The lowest BCUT2D eigenvalue weighted by Gasteiger charge is -2.34. The van der Waals surface area contributed by atoms with Crippen molar-refractivity contribution in [2.75, 3.05) is 10.8 Å². The van der Waals surface area contributed by atoms with Crippen LogP contribution in [0.15, 0.2) is 77.7 Å². The lowest BCUT2D eigenvalue weighted by molar-refractivity contribution is -0.140. The van der Waals surface area contributed by atoms with Gasteiger partial charge in [-0.05, 0) is 74.2 Å². The average Bonchev–Trinajstić information content (AvgIpc) is 2.94. The van der Waals surface area contributed by atoms with Gasteiger partial charge < -0.3 is 10.2 Å². The molecule has 0 unspecified atom stereocenters. The van der Waals surface area contributed by atoms with E-state index in [-0.39, 0.29) is 29.1 Å². The number of halogens is 2. The van der Waals surface area contributed by atoms with E-state index in [0.29, 0.717) is 22.0 Å². The van der Waals surface area contributed by atoms with Gasteiger partial charge >= 0.3 is 0 Å². The normalized spacial score (nSPS) is 12.8. The van der Waals surface area contributed by atoms with Crippen molar-refractivity contribution in [1.82, 2.24) is 10.2 Å². The second kappa shape index (κ2) is 14.0. The number of rotatable bonds is 12. The Morgan fingerprint density at radius 2 is 1.55 bits per heavy atom. The van der Waals surface area contributed by atoms with Crippen LogP contribution in [0.2, 0.25) is 10.0 Å². The third kappa shape index (κ3) is 7.56. The molecule has 214 valence electrons. The van der Waals surface area contributed by atoms with Crippen molar-refractivity contribution < 1.29 is 18.0 Å². The van der Waals surface area contributed by atoms with Crippen LogP contribution in [0.5, 0.6) is 0 Å². The van der Waals surface area contributed by atoms with Crippen LogP contribution < -0.4 is 9.62 Å². The van der Waals surface area contributed by atoms with Crippen LogP contribution in [0.3, 0.4) is 0 Å². The van der Waals surface area contributed by atoms with E-state index < -0.39 is 28.5 Å². The molecule has 0 fully saturated rings. The molecule has 0 radical (unpaired) electrons. The maximum Gasteiger partial charge on any atom is 0.264 e. The molecule has 0 heterocycles. The van der Waals surface area contributed by atoms with Crippen LogP contribution in [0.4, 0.5) is 5.69 Å². The smallest absolute Gasteiger partial charge is 0.264 e. The molecule has 2 amide bonds. The molecule has 3 aromatic carbocycles. The fraction of sp³-hybridized carbons (Fsp3) is 0.333. The van der Waals surface area contributed by atoms with Crippen molar-refractivity contribution >= 4 is 50.7 Å². The molecule has 3 aromatic rings. The summed E-state index contributed by atoms with van der Waals surface area (Å²) in [5, 5.41) is 3.88. The van der Waals surface area contributed by atoms with Crippen molar-refractivity contribution in [3.8, 4) is 0 Å². The van der Waals surface area contributed by atoms with Gasteiger partial charge in [0.15, 0.2) is 0 Å². The van der Waals surface area contributed by atoms with Crippen molar-refractivity contribution in [2.24, 2.45) is 0 Å². The topological polar surface area (TPSA) is 86.8 Å². The second-order valence-corrected chi connectivity index (χ2v) is 12.3. The zero-order valence-corrected chi connectivity index (χ0v) is 25.4. The van der Waals surface area contributed by atoms with E-state index in [1.54, 1.807) is 67.6 Å². The second-order valence-electron chi connectivity index (χ2n) is 9.60. The van der Waals surface area contributed by atoms with E-state index in [1.165, 1.54) is 17.0 Å². The summed E-state index contributed by atoms with van der Waals surface area (Å²) in [5.41, 5.74) is 1.56. The lowest BCUT2D eigenvalue weighted by atomic mass is 10.1. The highest BCUT2D eigenvalue weighted by Crippen LogP contribution is 2.31. The zero-order chi connectivity index (χ0) is 29.4. The molecule has 7 nitrogen and oxygen atoms in total. The van der Waals surface area contributed by atoms with Gasteiger partial charge in [0.25, 0.3) is 10.0 Å². The summed E-state index contributed by atoms with van der Waals surface area (Å²) in [6, 6.07) is 18.9. The van der Waals surface area contributed by atoms with Gasteiger partial charge in [0.05, 0.1) is 10.6 Å². The quantitative estimate of drug-likeness (QED) is 0.266. The SMILES string of the molecule is CC[C@@H](C)NC(=O)[C@H](CC)N(Cc1ccc(Cl)cc1)C(=O)CN(c1cccc(Cl)c1C)S(=O)(=O)c1ccccc1. The van der Waals surface area contributed by atoms with Gasteiger partial charge in [0.1, 0.15) is 12.6 Å². The van der Waals surface area contributed by atoms with Gasteiger partial charge in [-0.1, -0.05) is 73.4 Å². The molecule has 0 saturated carbocycles. The van der Waals surface area contributed by atoms with Gasteiger partial charge in [-0.3, -0.25) is 13.9 Å². The minimum absolute atomic E-state index is 0.0352. The average molecular weight is 605 g/mol. The molecule has 3 rings (SSSR count). The summed E-state index contributed by atoms with van der Waals surface area (Å²) >= 11 is 12.4. The Kier molecular flexibility index (Phi) is 11.0. The van der Waals surface area contributed by atoms with E-state index in [1.807, 2.05) is 20.8 Å². The maximum absolute atomic E-state index is 14.1. The summed E-state index contributed by atoms with van der Waals surface area (Å²) in [7, 11) is -4.17. The molecular formula is C30H35Cl2N3O4S. The number of anilines is 1. The highest BCUT2D eigenvalue weighted by atomic mass is 35.5. The van der Waals surface area contributed by atoms with Crippen molar-refractivity contribution in [1.29, 1.82) is 0 Å². The van der Waals surface area contributed by atoms with Crippen molar-refractivity contribution in [3.05, 3.63) is 94.0 Å². The van der Waals surface area contributed by atoms with Gasteiger partial charge in [-0.25, -0.2) is 8.42 Å². The molecule has 0 aliphatic rings. The first-order valence-electron chi connectivity index (χ1n) is 13.2. The molecule has 0 aliphatic carbocycles.